The van der Waals surface area contributed by atoms with E-state index in [9.17, 15) is 0 Å². The minimum Gasteiger partial charge on any atom is -0.0654 e. The van der Waals surface area contributed by atoms with Crippen molar-refractivity contribution in [3.8, 4) is 0 Å². The third-order valence-electron chi connectivity index (χ3n) is 4.26. The van der Waals surface area contributed by atoms with Gasteiger partial charge in [0.05, 0.1) is 0 Å². The van der Waals surface area contributed by atoms with E-state index in [0.29, 0.717) is 0 Å². The maximum atomic E-state index is 2.32. The van der Waals surface area contributed by atoms with E-state index >= 15 is 0 Å². The molecule has 0 heterocycles. The van der Waals surface area contributed by atoms with Crippen LogP contribution in [0.5, 0.6) is 0 Å². The molecule has 0 radical (unpaired) electrons. The summed E-state index contributed by atoms with van der Waals surface area (Å²) in [5.41, 5.74) is 0. The van der Waals surface area contributed by atoms with Crippen LogP contribution in [0.1, 0.15) is 111 Å². The molecule has 1 rings (SSSR count). The summed E-state index contributed by atoms with van der Waals surface area (Å²) in [6.45, 7) is 6.86. The molecule has 0 N–H and O–H groups in total. The van der Waals surface area contributed by atoms with Gasteiger partial charge in [0, 0.05) is 0 Å². The zero-order chi connectivity index (χ0) is 13.5. The summed E-state index contributed by atoms with van der Waals surface area (Å²) < 4.78 is 0. The first-order valence-electron chi connectivity index (χ1n) is 8.85. The highest BCUT2D eigenvalue weighted by Crippen LogP contribution is 2.25. The van der Waals surface area contributed by atoms with Gasteiger partial charge >= 0.3 is 0 Å². The lowest BCUT2D eigenvalue weighted by molar-refractivity contribution is 0.349. The molecule has 1 aliphatic carbocycles. The first kappa shape index (κ1) is 18.0. The van der Waals surface area contributed by atoms with Gasteiger partial charge in [-0.1, -0.05) is 111 Å². The van der Waals surface area contributed by atoms with Gasteiger partial charge in [-0.2, -0.15) is 0 Å². The predicted octanol–water partition coefficient (Wildman–Crippen LogP) is 7.12. The van der Waals surface area contributed by atoms with Crippen molar-refractivity contribution in [2.45, 2.75) is 111 Å². The van der Waals surface area contributed by atoms with Crippen molar-refractivity contribution in [3.05, 3.63) is 0 Å². The van der Waals surface area contributed by atoms with Crippen LogP contribution in [0.25, 0.3) is 0 Å². The summed E-state index contributed by atoms with van der Waals surface area (Å²) in [7, 11) is 0. The molecule has 1 fully saturated rings. The van der Waals surface area contributed by atoms with Gasteiger partial charge < -0.3 is 0 Å². The van der Waals surface area contributed by atoms with Gasteiger partial charge in [0.15, 0.2) is 0 Å². The van der Waals surface area contributed by atoms with E-state index in [1.165, 1.54) is 89.9 Å². The molecule has 0 heteroatoms. The maximum Gasteiger partial charge on any atom is -0.0417 e. The third kappa shape index (κ3) is 12.5. The lowest BCUT2D eigenvalue weighted by Crippen LogP contribution is -2.03. The molecule has 0 saturated heterocycles. The van der Waals surface area contributed by atoms with E-state index in [0.717, 1.165) is 5.92 Å². The standard InChI is InChI=1S/C10H22.C8H16/c1-3-5-7-9-10-8-6-4-2;1-2-8-6-4-3-5-7-8/h3-10H2,1-2H3;8H,2-7H2,1H3. The summed E-state index contributed by atoms with van der Waals surface area (Å²) in [5.74, 6) is 1.09. The molecule has 0 bridgehead atoms. The Balaban J connectivity index is 0.000000327. The minimum absolute atomic E-state index is 1.09. The Kier molecular flexibility index (Phi) is 15.1. The molecular weight excluding hydrogens is 216 g/mol. The van der Waals surface area contributed by atoms with Crippen LogP contribution in [0.15, 0.2) is 0 Å². The van der Waals surface area contributed by atoms with Crippen LogP contribution in [-0.4, -0.2) is 0 Å². The fourth-order valence-corrected chi connectivity index (χ4v) is 2.80. The van der Waals surface area contributed by atoms with Gasteiger partial charge in [-0.25, -0.2) is 0 Å². The van der Waals surface area contributed by atoms with Crippen molar-refractivity contribution in [1.82, 2.24) is 0 Å². The van der Waals surface area contributed by atoms with Gasteiger partial charge in [-0.15, -0.1) is 0 Å². The summed E-state index contributed by atoms with van der Waals surface area (Å²) in [6, 6.07) is 0. The van der Waals surface area contributed by atoms with Crippen LogP contribution in [0.4, 0.5) is 0 Å². The van der Waals surface area contributed by atoms with E-state index in [1.54, 1.807) is 0 Å². The summed E-state index contributed by atoms with van der Waals surface area (Å²) in [5, 5.41) is 0. The van der Waals surface area contributed by atoms with Crippen LogP contribution in [0, 0.1) is 5.92 Å². The highest BCUT2D eigenvalue weighted by molar-refractivity contribution is 4.63. The molecule has 0 nitrogen and oxygen atoms in total. The molecule has 0 amide bonds. The van der Waals surface area contributed by atoms with Crippen molar-refractivity contribution in [2.75, 3.05) is 0 Å². The summed E-state index contributed by atoms with van der Waals surface area (Å²) in [4.78, 5) is 0. The van der Waals surface area contributed by atoms with Crippen molar-refractivity contribution in [1.29, 1.82) is 0 Å². The Morgan fingerprint density at radius 3 is 1.39 bits per heavy atom. The molecule has 0 spiro atoms. The fraction of sp³-hybridized carbons (Fsp3) is 1.00. The van der Waals surface area contributed by atoms with Crippen LogP contribution >= 0.6 is 0 Å². The highest BCUT2D eigenvalue weighted by Gasteiger charge is 2.09. The van der Waals surface area contributed by atoms with E-state index in [2.05, 4.69) is 20.8 Å². The third-order valence-corrected chi connectivity index (χ3v) is 4.26. The second-order valence-corrected chi connectivity index (χ2v) is 6.03. The zero-order valence-corrected chi connectivity index (χ0v) is 13.5. The van der Waals surface area contributed by atoms with E-state index < -0.39 is 0 Å². The Morgan fingerprint density at radius 2 is 1.06 bits per heavy atom. The van der Waals surface area contributed by atoms with Gasteiger partial charge in [0.2, 0.25) is 0 Å². The fourth-order valence-electron chi connectivity index (χ4n) is 2.80. The second kappa shape index (κ2) is 15.1. The Hall–Kier alpha value is 0. The largest absolute Gasteiger partial charge is 0.0654 e. The quantitative estimate of drug-likeness (QED) is 0.404. The lowest BCUT2D eigenvalue weighted by Gasteiger charge is -2.18. The molecule has 1 aliphatic rings. The minimum atomic E-state index is 1.09. The topological polar surface area (TPSA) is 0 Å². The number of unbranched alkanes of at least 4 members (excludes halogenated alkanes) is 7. The SMILES string of the molecule is CCC1CCCCC1.CCCCCCCCCC. The molecule has 0 atom stereocenters. The first-order chi connectivity index (χ1) is 8.85. The molecule has 0 aliphatic heterocycles. The monoisotopic (exact) mass is 254 g/mol. The Labute approximate surface area is 117 Å². The van der Waals surface area contributed by atoms with Crippen LogP contribution in [0.2, 0.25) is 0 Å². The molecular formula is C18H38. The summed E-state index contributed by atoms with van der Waals surface area (Å²) >= 11 is 0. The molecule has 0 unspecified atom stereocenters. The number of rotatable bonds is 8. The molecule has 0 aromatic rings. The lowest BCUT2D eigenvalue weighted by atomic mass is 9.88. The number of hydrogen-bond acceptors (Lipinski definition) is 0. The highest BCUT2D eigenvalue weighted by atomic mass is 14.2. The first-order valence-corrected chi connectivity index (χ1v) is 8.85. The average Bonchev–Trinajstić information content (AvgIpc) is 2.44. The predicted molar refractivity (Wildman–Crippen MR) is 85.2 cm³/mol. The van der Waals surface area contributed by atoms with E-state index in [4.69, 9.17) is 0 Å². The molecule has 0 aromatic carbocycles. The Bertz CT molecular complexity index is 125. The molecule has 18 heavy (non-hydrogen) atoms. The van der Waals surface area contributed by atoms with Crippen molar-refractivity contribution in [2.24, 2.45) is 5.92 Å². The van der Waals surface area contributed by atoms with Gasteiger partial charge in [0.1, 0.15) is 0 Å². The number of hydrogen-bond donors (Lipinski definition) is 0. The van der Waals surface area contributed by atoms with Crippen LogP contribution < -0.4 is 0 Å². The van der Waals surface area contributed by atoms with E-state index in [-0.39, 0.29) is 0 Å². The zero-order valence-electron chi connectivity index (χ0n) is 13.5. The van der Waals surface area contributed by atoms with E-state index in [1.807, 2.05) is 0 Å². The van der Waals surface area contributed by atoms with Crippen molar-refractivity contribution < 1.29 is 0 Å². The summed E-state index contributed by atoms with van der Waals surface area (Å²) in [6.07, 6.45) is 20.4. The van der Waals surface area contributed by atoms with Gasteiger partial charge in [-0.05, 0) is 5.92 Å². The average molecular weight is 255 g/mol. The smallest absolute Gasteiger partial charge is 0.0417 e. The molecule has 0 aromatic heterocycles. The van der Waals surface area contributed by atoms with Crippen LogP contribution in [0.3, 0.4) is 0 Å². The Morgan fingerprint density at radius 1 is 0.611 bits per heavy atom. The van der Waals surface area contributed by atoms with Crippen LogP contribution in [-0.2, 0) is 0 Å². The molecule has 1 saturated carbocycles. The van der Waals surface area contributed by atoms with Crippen molar-refractivity contribution >= 4 is 0 Å². The van der Waals surface area contributed by atoms with Crippen molar-refractivity contribution in [3.63, 3.8) is 0 Å². The van der Waals surface area contributed by atoms with Gasteiger partial charge in [0.25, 0.3) is 0 Å². The molecule has 110 valence electrons. The normalized spacial score (nSPS) is 16.2. The maximum absolute atomic E-state index is 2.32. The second-order valence-electron chi connectivity index (χ2n) is 6.03. The van der Waals surface area contributed by atoms with Gasteiger partial charge in [-0.3, -0.25) is 0 Å².